The lowest BCUT2D eigenvalue weighted by atomic mass is 10.2. The maximum atomic E-state index is 13.3. The van der Waals surface area contributed by atoms with Crippen molar-refractivity contribution in [3.63, 3.8) is 0 Å². The van der Waals surface area contributed by atoms with Crippen molar-refractivity contribution in [3.8, 4) is 0 Å². The highest BCUT2D eigenvalue weighted by atomic mass is 19.2. The molecule has 0 saturated heterocycles. The van der Waals surface area contributed by atoms with E-state index >= 15 is 0 Å². The van der Waals surface area contributed by atoms with Crippen LogP contribution in [0.15, 0.2) is 42.5 Å². The zero-order valence-corrected chi connectivity index (χ0v) is 13.5. The molecule has 0 aliphatic heterocycles. The first-order chi connectivity index (χ1) is 11.4. The molecule has 0 unspecified atom stereocenters. The summed E-state index contributed by atoms with van der Waals surface area (Å²) in [5.41, 5.74) is 1.84. The zero-order valence-electron chi connectivity index (χ0n) is 13.5. The van der Waals surface area contributed by atoms with E-state index < -0.39 is 11.6 Å². The molecule has 0 fully saturated rings. The van der Waals surface area contributed by atoms with Crippen molar-refractivity contribution in [1.29, 1.82) is 0 Å². The zero-order chi connectivity index (χ0) is 17.7. The molecule has 1 N–H and O–H groups in total. The van der Waals surface area contributed by atoms with Crippen LogP contribution in [0.2, 0.25) is 0 Å². The summed E-state index contributed by atoms with van der Waals surface area (Å²) in [6.45, 7) is 3.25. The molecule has 0 saturated carbocycles. The Hall–Kier alpha value is -2.76. The lowest BCUT2D eigenvalue weighted by molar-refractivity contribution is -0.117. The van der Waals surface area contributed by atoms with Crippen LogP contribution in [0.1, 0.15) is 18.9 Å². The topological polar surface area (TPSA) is 49.4 Å². The Morgan fingerprint density at radius 1 is 1.08 bits per heavy atom. The number of rotatable bonds is 5. The van der Waals surface area contributed by atoms with Crippen molar-refractivity contribution in [2.24, 2.45) is 0 Å². The van der Waals surface area contributed by atoms with Gasteiger partial charge in [-0.15, -0.1) is 0 Å². The number of carbonyl (C=O) groups excluding carboxylic acids is 2. The quantitative estimate of drug-likeness (QED) is 0.908. The van der Waals surface area contributed by atoms with E-state index in [-0.39, 0.29) is 30.5 Å². The van der Waals surface area contributed by atoms with Gasteiger partial charge in [-0.2, -0.15) is 0 Å². The molecule has 2 aromatic carbocycles. The number of nitrogens with zero attached hydrogens (tertiary/aromatic N) is 1. The molecule has 6 heteroatoms. The van der Waals surface area contributed by atoms with E-state index in [1.54, 1.807) is 6.07 Å². The average Bonchev–Trinajstić information content (AvgIpc) is 2.53. The van der Waals surface area contributed by atoms with Crippen LogP contribution in [0.3, 0.4) is 0 Å². The second kappa shape index (κ2) is 7.68. The van der Waals surface area contributed by atoms with Gasteiger partial charge >= 0.3 is 0 Å². The largest absolute Gasteiger partial charge is 0.326 e. The fourth-order valence-electron chi connectivity index (χ4n) is 2.26. The molecule has 0 bridgehead atoms. The fraction of sp³-hybridized carbons (Fsp3) is 0.222. The van der Waals surface area contributed by atoms with E-state index in [0.717, 1.165) is 17.7 Å². The molecule has 0 radical (unpaired) electrons. The second-order valence-electron chi connectivity index (χ2n) is 5.38. The summed E-state index contributed by atoms with van der Waals surface area (Å²) >= 11 is 0. The highest BCUT2D eigenvalue weighted by Crippen LogP contribution is 2.19. The summed E-state index contributed by atoms with van der Waals surface area (Å²) in [6, 6.07) is 10.5. The molecular formula is C18H18F2N2O2. The number of hydrogen-bond acceptors (Lipinski definition) is 2. The highest BCUT2D eigenvalue weighted by molar-refractivity contribution is 5.95. The van der Waals surface area contributed by atoms with Crippen LogP contribution < -0.4 is 10.2 Å². The predicted octanol–water partition coefficient (Wildman–Crippen LogP) is 3.65. The second-order valence-corrected chi connectivity index (χ2v) is 5.38. The molecule has 2 amide bonds. The minimum Gasteiger partial charge on any atom is -0.326 e. The van der Waals surface area contributed by atoms with Crippen molar-refractivity contribution in [3.05, 3.63) is 59.7 Å². The summed E-state index contributed by atoms with van der Waals surface area (Å²) in [5, 5.41) is 2.77. The molecule has 0 spiro atoms. The first-order valence-corrected chi connectivity index (χ1v) is 7.47. The Bertz CT molecular complexity index is 762. The number of amides is 2. The number of hydrogen-bond donors (Lipinski definition) is 1. The Morgan fingerprint density at radius 2 is 1.79 bits per heavy atom. The molecule has 2 aromatic rings. The number of para-hydroxylation sites is 1. The van der Waals surface area contributed by atoms with Crippen LogP contribution >= 0.6 is 0 Å². The van der Waals surface area contributed by atoms with E-state index in [0.29, 0.717) is 5.69 Å². The fourth-order valence-corrected chi connectivity index (χ4v) is 2.26. The van der Waals surface area contributed by atoms with E-state index in [1.165, 1.54) is 17.9 Å². The number of halogens is 2. The minimum absolute atomic E-state index is 0.0346. The number of nitrogens with one attached hydrogen (secondary N) is 1. The maximum Gasteiger partial charge on any atom is 0.226 e. The Balaban J connectivity index is 2.03. The number of carbonyl (C=O) groups is 2. The third kappa shape index (κ3) is 4.38. The SMILES string of the molecule is CC(=O)N(CCC(=O)Nc1ccccc1C)c1ccc(F)c(F)c1. The summed E-state index contributed by atoms with van der Waals surface area (Å²) in [7, 11) is 0. The van der Waals surface area contributed by atoms with Crippen molar-refractivity contribution < 1.29 is 18.4 Å². The van der Waals surface area contributed by atoms with Gasteiger partial charge in [-0.1, -0.05) is 18.2 Å². The van der Waals surface area contributed by atoms with E-state index in [1.807, 2.05) is 25.1 Å². The van der Waals surface area contributed by atoms with Crippen LogP contribution in [-0.4, -0.2) is 18.4 Å². The normalized spacial score (nSPS) is 10.3. The van der Waals surface area contributed by atoms with Crippen LogP contribution in [0.25, 0.3) is 0 Å². The van der Waals surface area contributed by atoms with Crippen LogP contribution in [0, 0.1) is 18.6 Å². The van der Waals surface area contributed by atoms with Gasteiger partial charge in [0.05, 0.1) is 0 Å². The lowest BCUT2D eigenvalue weighted by Crippen LogP contribution is -2.32. The minimum atomic E-state index is -1.04. The third-order valence-corrected chi connectivity index (χ3v) is 3.58. The lowest BCUT2D eigenvalue weighted by Gasteiger charge is -2.21. The summed E-state index contributed by atoms with van der Waals surface area (Å²) < 4.78 is 26.4. The maximum absolute atomic E-state index is 13.3. The Labute approximate surface area is 139 Å². The van der Waals surface area contributed by atoms with Gasteiger partial charge in [-0.05, 0) is 30.7 Å². The molecule has 4 nitrogen and oxygen atoms in total. The van der Waals surface area contributed by atoms with Gasteiger partial charge < -0.3 is 10.2 Å². The van der Waals surface area contributed by atoms with Gasteiger partial charge in [-0.3, -0.25) is 9.59 Å². The molecular weight excluding hydrogens is 314 g/mol. The van der Waals surface area contributed by atoms with Gasteiger partial charge in [0.25, 0.3) is 0 Å². The number of anilines is 2. The number of benzene rings is 2. The van der Waals surface area contributed by atoms with Crippen molar-refractivity contribution in [1.82, 2.24) is 0 Å². The summed E-state index contributed by atoms with van der Waals surface area (Å²) in [4.78, 5) is 25.0. The van der Waals surface area contributed by atoms with Crippen molar-refractivity contribution >= 4 is 23.2 Å². The molecule has 2 rings (SSSR count). The first kappa shape index (κ1) is 17.6. The predicted molar refractivity (Wildman–Crippen MR) is 88.8 cm³/mol. The molecule has 0 aliphatic rings. The summed E-state index contributed by atoms with van der Waals surface area (Å²) in [5.74, 6) is -2.65. The van der Waals surface area contributed by atoms with Gasteiger partial charge in [0.2, 0.25) is 11.8 Å². The molecule has 24 heavy (non-hydrogen) atoms. The molecule has 0 aliphatic carbocycles. The van der Waals surface area contributed by atoms with Gasteiger partial charge in [0.15, 0.2) is 11.6 Å². The Morgan fingerprint density at radius 3 is 2.42 bits per heavy atom. The molecule has 0 heterocycles. The smallest absolute Gasteiger partial charge is 0.226 e. The Kier molecular flexibility index (Phi) is 5.63. The summed E-state index contributed by atoms with van der Waals surface area (Å²) in [6.07, 6.45) is 0.0346. The molecule has 126 valence electrons. The van der Waals surface area contributed by atoms with Crippen molar-refractivity contribution in [2.45, 2.75) is 20.3 Å². The number of aryl methyl sites for hydroxylation is 1. The van der Waals surface area contributed by atoms with Gasteiger partial charge in [0, 0.05) is 37.3 Å². The molecule has 0 atom stereocenters. The highest BCUT2D eigenvalue weighted by Gasteiger charge is 2.15. The van der Waals surface area contributed by atoms with Crippen LogP contribution in [0.5, 0.6) is 0 Å². The third-order valence-electron chi connectivity index (χ3n) is 3.58. The average molecular weight is 332 g/mol. The van der Waals surface area contributed by atoms with E-state index in [2.05, 4.69) is 5.32 Å². The van der Waals surface area contributed by atoms with E-state index in [9.17, 15) is 18.4 Å². The van der Waals surface area contributed by atoms with Gasteiger partial charge in [-0.25, -0.2) is 8.78 Å². The monoisotopic (exact) mass is 332 g/mol. The van der Waals surface area contributed by atoms with E-state index in [4.69, 9.17) is 0 Å². The molecule has 0 aromatic heterocycles. The van der Waals surface area contributed by atoms with Gasteiger partial charge in [0.1, 0.15) is 0 Å². The van der Waals surface area contributed by atoms with Crippen LogP contribution in [-0.2, 0) is 9.59 Å². The van der Waals surface area contributed by atoms with Crippen LogP contribution in [0.4, 0.5) is 20.2 Å². The standard InChI is InChI=1S/C18H18F2N2O2/c1-12-5-3-4-6-17(12)21-18(24)9-10-22(13(2)23)14-7-8-15(19)16(20)11-14/h3-8,11H,9-10H2,1-2H3,(H,21,24). The first-order valence-electron chi connectivity index (χ1n) is 7.47. The van der Waals surface area contributed by atoms with Crippen molar-refractivity contribution in [2.75, 3.05) is 16.8 Å².